The van der Waals surface area contributed by atoms with Crippen molar-refractivity contribution < 1.29 is 68.1 Å². The molecule has 27 heteroatoms. The van der Waals surface area contributed by atoms with Crippen molar-refractivity contribution >= 4 is 71.1 Å². The van der Waals surface area contributed by atoms with Crippen molar-refractivity contribution in [1.82, 2.24) is 42.5 Å². The maximum atomic E-state index is 13.9. The molecule has 0 heterocycles. The number of nitrogens with zero attached hydrogens (tertiary/aromatic N) is 1. The van der Waals surface area contributed by atoms with E-state index in [0.29, 0.717) is 12.8 Å². The van der Waals surface area contributed by atoms with Crippen molar-refractivity contribution in [2.45, 2.75) is 155 Å². The molecule has 0 aliphatic carbocycles. The molecule has 0 spiro atoms. The van der Waals surface area contributed by atoms with Crippen LogP contribution in [0, 0.1) is 23.7 Å². The average molecular weight is 1000 g/mol. The van der Waals surface area contributed by atoms with E-state index in [1.54, 1.807) is 55.4 Å². The number of aliphatic imine (C=N–C) groups is 1. The molecule has 0 aromatic carbocycles. The molecule has 11 atom stereocenters. The van der Waals surface area contributed by atoms with Gasteiger partial charge in [0.2, 0.25) is 53.2 Å². The lowest BCUT2D eigenvalue weighted by atomic mass is 9.94. The molecule has 0 saturated carbocycles. The van der Waals surface area contributed by atoms with Gasteiger partial charge in [0, 0.05) is 13.0 Å². The zero-order valence-electron chi connectivity index (χ0n) is 41.3. The Bertz CT molecular complexity index is 1850. The number of carbonyl (C=O) groups excluding carboxylic acids is 9. The monoisotopic (exact) mass is 1000 g/mol. The Kier molecular flexibility index (Phi) is 29.2. The van der Waals surface area contributed by atoms with E-state index >= 15 is 0 Å². The molecular formula is C43H77N13O14. The van der Waals surface area contributed by atoms with E-state index in [9.17, 15) is 68.1 Å². The van der Waals surface area contributed by atoms with Gasteiger partial charge >= 0.3 is 11.9 Å². The fourth-order valence-electron chi connectivity index (χ4n) is 6.39. The maximum absolute atomic E-state index is 13.9. The Morgan fingerprint density at radius 1 is 0.543 bits per heavy atom. The first-order valence-corrected chi connectivity index (χ1v) is 23.2. The van der Waals surface area contributed by atoms with E-state index in [-0.39, 0.29) is 44.1 Å². The lowest BCUT2D eigenvalue weighted by Gasteiger charge is -2.31. The molecule has 19 N–H and O–H groups in total. The Morgan fingerprint density at radius 3 is 1.44 bits per heavy atom. The summed E-state index contributed by atoms with van der Waals surface area (Å²) in [6.07, 6.45) is -0.581. The van der Waals surface area contributed by atoms with Crippen LogP contribution in [0.2, 0.25) is 0 Å². The lowest BCUT2D eigenvalue weighted by Crippen LogP contribution is -2.62. The highest BCUT2D eigenvalue weighted by Gasteiger charge is 2.37. The van der Waals surface area contributed by atoms with Gasteiger partial charge in [0.05, 0.1) is 25.6 Å². The van der Waals surface area contributed by atoms with Crippen LogP contribution in [-0.4, -0.2) is 154 Å². The number of aliphatic hydroxyl groups is 1. The third kappa shape index (κ3) is 23.1. The average Bonchev–Trinajstić information content (AvgIpc) is 3.29. The first-order chi connectivity index (χ1) is 32.6. The fourth-order valence-corrected chi connectivity index (χ4v) is 6.39. The van der Waals surface area contributed by atoms with E-state index in [1.165, 1.54) is 0 Å². The number of carbonyl (C=O) groups is 11. The van der Waals surface area contributed by atoms with Crippen LogP contribution in [0.15, 0.2) is 4.99 Å². The van der Waals surface area contributed by atoms with E-state index in [4.69, 9.17) is 22.9 Å². The van der Waals surface area contributed by atoms with Crippen molar-refractivity contribution in [3.8, 4) is 0 Å². The minimum absolute atomic E-state index is 0.0554. The molecule has 9 amide bonds. The summed E-state index contributed by atoms with van der Waals surface area (Å²) in [6, 6.07) is -11.4. The van der Waals surface area contributed by atoms with E-state index in [2.05, 4.69) is 47.5 Å². The van der Waals surface area contributed by atoms with Gasteiger partial charge in [-0.3, -0.25) is 52.9 Å². The van der Waals surface area contributed by atoms with Crippen LogP contribution >= 0.6 is 0 Å². The molecule has 0 saturated heterocycles. The van der Waals surface area contributed by atoms with Gasteiger partial charge in [0.25, 0.3) is 0 Å². The van der Waals surface area contributed by atoms with Crippen molar-refractivity contribution in [2.24, 2.45) is 51.6 Å². The van der Waals surface area contributed by atoms with E-state index < -0.39 is 157 Å². The first kappa shape index (κ1) is 63.4. The summed E-state index contributed by atoms with van der Waals surface area (Å²) >= 11 is 0. The zero-order chi connectivity index (χ0) is 54.0. The van der Waals surface area contributed by atoms with Gasteiger partial charge in [-0.15, -0.1) is 0 Å². The highest BCUT2D eigenvalue weighted by molar-refractivity contribution is 5.99. The third-order valence-corrected chi connectivity index (χ3v) is 11.5. The Hall–Kier alpha value is -6.64. The molecule has 70 heavy (non-hydrogen) atoms. The minimum atomic E-state index is -1.79. The number of hydrogen-bond acceptors (Lipinski definition) is 14. The van der Waals surface area contributed by atoms with E-state index in [1.807, 2.05) is 0 Å². The highest BCUT2D eigenvalue weighted by atomic mass is 16.4. The van der Waals surface area contributed by atoms with Crippen molar-refractivity contribution in [2.75, 3.05) is 19.7 Å². The molecule has 0 radical (unpaired) electrons. The second-order valence-electron chi connectivity index (χ2n) is 17.5. The molecule has 0 aromatic heterocycles. The fraction of sp³-hybridized carbons (Fsp3) is 0.721. The number of nitrogens with two attached hydrogens (primary N) is 4. The first-order valence-electron chi connectivity index (χ1n) is 23.2. The molecule has 27 nitrogen and oxygen atoms in total. The van der Waals surface area contributed by atoms with Crippen LogP contribution < -0.4 is 65.5 Å². The zero-order valence-corrected chi connectivity index (χ0v) is 41.3. The van der Waals surface area contributed by atoms with E-state index in [0.717, 1.165) is 0 Å². The summed E-state index contributed by atoms with van der Waals surface area (Å²) in [5, 5.41) is 48.1. The number of guanidine groups is 1. The number of primary amides is 1. The molecular weight excluding hydrogens is 923 g/mol. The van der Waals surface area contributed by atoms with Crippen molar-refractivity contribution in [3.63, 3.8) is 0 Å². The van der Waals surface area contributed by atoms with Crippen molar-refractivity contribution in [1.29, 1.82) is 0 Å². The third-order valence-electron chi connectivity index (χ3n) is 11.5. The summed E-state index contributed by atoms with van der Waals surface area (Å²) in [4.78, 5) is 146. The molecule has 0 fully saturated rings. The summed E-state index contributed by atoms with van der Waals surface area (Å²) in [5.74, 6) is -13.5. The SMILES string of the molecule is CC[C@H](C)[C@H](NC(=O)[C@H](CCCN=C(N)N)NC(=O)CNC(=O)[C@H](CO)NC(=O)[C@H](CC(N)=O)NC(=O)[C@@H](NC(=O)[C@@H](NC(=O)[C@H](CCC(=O)O)NC(=O)[C@@H](N)C(C)C)[C@@H](C)CC)[C@@H](C)CC)C(=O)O. The lowest BCUT2D eigenvalue weighted by molar-refractivity contribution is -0.144. The number of aliphatic hydroxyl groups excluding tert-OH is 1. The number of hydrogen-bond donors (Lipinski definition) is 15. The van der Waals surface area contributed by atoms with Gasteiger partial charge in [-0.2, -0.15) is 0 Å². The van der Waals surface area contributed by atoms with Crippen LogP contribution in [0.5, 0.6) is 0 Å². The highest BCUT2D eigenvalue weighted by Crippen LogP contribution is 2.15. The van der Waals surface area contributed by atoms with Gasteiger partial charge in [-0.05, 0) is 42.9 Å². The van der Waals surface area contributed by atoms with Gasteiger partial charge in [0.1, 0.15) is 42.3 Å². The van der Waals surface area contributed by atoms with Gasteiger partial charge < -0.3 is 80.8 Å². The number of aliphatic carboxylic acids is 2. The van der Waals surface area contributed by atoms with Crippen LogP contribution in [0.4, 0.5) is 0 Å². The summed E-state index contributed by atoms with van der Waals surface area (Å²) < 4.78 is 0. The molecule has 0 unspecified atom stereocenters. The number of carboxylic acid groups (broad SMARTS) is 2. The largest absolute Gasteiger partial charge is 0.481 e. The second-order valence-corrected chi connectivity index (χ2v) is 17.5. The number of amides is 9. The number of rotatable bonds is 34. The van der Waals surface area contributed by atoms with Crippen LogP contribution in [-0.2, 0) is 52.7 Å². The normalized spacial score (nSPS) is 15.8. The maximum Gasteiger partial charge on any atom is 0.326 e. The predicted octanol–water partition coefficient (Wildman–Crippen LogP) is -4.51. The molecule has 398 valence electrons. The minimum Gasteiger partial charge on any atom is -0.481 e. The number of carboxylic acids is 2. The Morgan fingerprint density at radius 2 is 0.986 bits per heavy atom. The number of nitrogens with one attached hydrogen (secondary N) is 8. The molecule has 0 aliphatic heterocycles. The van der Waals surface area contributed by atoms with Crippen LogP contribution in [0.3, 0.4) is 0 Å². The standard InChI is InChI=1S/C43H77N13O14/c1-9-21(6)32(55-41(68)33(22(7)10-2)54-37(64)25(14-15-30(60)61)51-39(66)31(45)20(4)5)40(67)52-26(17-28(44)58)38(65)53-27(19-57)35(62)49-18-29(59)50-24(13-12-16-48-43(46)47)36(63)56-34(42(69)70)23(8)11-3/h20-27,31-34,57H,9-19,45H2,1-8H3,(H2,44,58)(H,49,62)(H,50,59)(H,51,66)(H,52,67)(H,53,65)(H,54,64)(H,55,68)(H,56,63)(H,60,61)(H,69,70)(H4,46,47,48)/t21-,22-,23-,24-,25-,26-,27-,31-,32-,33-,34-/m0/s1. The molecule has 0 aliphatic rings. The van der Waals surface area contributed by atoms with Gasteiger partial charge in [-0.25, -0.2) is 4.79 Å². The van der Waals surface area contributed by atoms with Crippen LogP contribution in [0.25, 0.3) is 0 Å². The predicted molar refractivity (Wildman–Crippen MR) is 253 cm³/mol. The molecule has 0 bridgehead atoms. The topological polar surface area (TPSA) is 461 Å². The smallest absolute Gasteiger partial charge is 0.326 e. The van der Waals surface area contributed by atoms with Gasteiger partial charge in [0.15, 0.2) is 5.96 Å². The Labute approximate surface area is 407 Å². The Balaban J connectivity index is 6.27. The summed E-state index contributed by atoms with van der Waals surface area (Å²) in [5.41, 5.74) is 22.0. The summed E-state index contributed by atoms with van der Waals surface area (Å²) in [6.45, 7) is 11.5. The second kappa shape index (κ2) is 32.2. The molecule has 0 aromatic rings. The van der Waals surface area contributed by atoms with Crippen LogP contribution in [0.1, 0.15) is 107 Å². The summed E-state index contributed by atoms with van der Waals surface area (Å²) in [7, 11) is 0. The van der Waals surface area contributed by atoms with Crippen molar-refractivity contribution in [3.05, 3.63) is 0 Å². The van der Waals surface area contributed by atoms with Gasteiger partial charge in [-0.1, -0.05) is 74.7 Å². The quantitative estimate of drug-likeness (QED) is 0.0164. The molecule has 0 rings (SSSR count).